The minimum atomic E-state index is -0.647. The third kappa shape index (κ3) is 5.13. The molecule has 30 heavy (non-hydrogen) atoms. The van der Waals surface area contributed by atoms with Gasteiger partial charge in [-0.05, 0) is 30.3 Å². The van der Waals surface area contributed by atoms with Crippen LogP contribution in [0.4, 0.5) is 0 Å². The quantitative estimate of drug-likeness (QED) is 0.520. The molecule has 1 aromatic carbocycles. The van der Waals surface area contributed by atoms with E-state index in [1.165, 1.54) is 14.2 Å². The molecular weight excluding hydrogens is 390 g/mol. The van der Waals surface area contributed by atoms with Gasteiger partial charge < -0.3 is 23.5 Å². The van der Waals surface area contributed by atoms with Gasteiger partial charge in [0.1, 0.15) is 31.1 Å². The summed E-state index contributed by atoms with van der Waals surface area (Å²) in [6.45, 7) is -0.541. The van der Waals surface area contributed by atoms with Gasteiger partial charge in [-0.15, -0.1) is 0 Å². The number of carbonyl (C=O) groups is 3. The lowest BCUT2D eigenvalue weighted by Crippen LogP contribution is -2.40. The number of esters is 2. The summed E-state index contributed by atoms with van der Waals surface area (Å²) in [5, 5.41) is 0. The summed E-state index contributed by atoms with van der Waals surface area (Å²) in [6, 6.07) is 12.2. The van der Waals surface area contributed by atoms with E-state index in [-0.39, 0.29) is 25.3 Å². The lowest BCUT2D eigenvalue weighted by atomic mass is 10.2. The van der Waals surface area contributed by atoms with Crippen LogP contribution in [0.5, 0.6) is 5.75 Å². The fourth-order valence-electron chi connectivity index (χ4n) is 2.76. The van der Waals surface area contributed by atoms with Crippen LogP contribution < -0.4 is 4.74 Å². The third-order valence-corrected chi connectivity index (χ3v) is 4.26. The molecule has 3 rings (SSSR count). The molecule has 2 aromatic heterocycles. The summed E-state index contributed by atoms with van der Waals surface area (Å²) in [5.74, 6) is -1.36. The van der Waals surface area contributed by atoms with E-state index in [1.54, 1.807) is 24.3 Å². The number of hydrogen-bond donors (Lipinski definition) is 0. The van der Waals surface area contributed by atoms with Crippen molar-refractivity contribution in [1.29, 1.82) is 0 Å². The predicted molar refractivity (Wildman–Crippen MR) is 106 cm³/mol. The van der Waals surface area contributed by atoms with Crippen LogP contribution in [-0.4, -0.2) is 59.4 Å². The molecular formula is C21H21N3O6. The Labute approximate surface area is 172 Å². The van der Waals surface area contributed by atoms with Crippen LogP contribution in [-0.2, 0) is 25.7 Å². The van der Waals surface area contributed by atoms with E-state index in [1.807, 2.05) is 35.0 Å². The first-order valence-electron chi connectivity index (χ1n) is 9.08. The highest BCUT2D eigenvalue weighted by molar-refractivity contribution is 5.98. The molecule has 0 aliphatic heterocycles. The van der Waals surface area contributed by atoms with Gasteiger partial charge in [0, 0.05) is 18.0 Å². The number of ether oxygens (including phenoxy) is 3. The second kappa shape index (κ2) is 9.55. The molecule has 0 saturated carbocycles. The SMILES string of the molecule is COC(=O)CN(CC(=O)OC)C(=O)c1cccc(OCc2cn3ccccc3n2)c1. The number of carbonyl (C=O) groups excluding carboxylic acids is 3. The molecule has 2 heterocycles. The zero-order chi connectivity index (χ0) is 21.5. The maximum Gasteiger partial charge on any atom is 0.325 e. The van der Waals surface area contributed by atoms with Gasteiger partial charge in [0.15, 0.2) is 0 Å². The normalized spacial score (nSPS) is 10.5. The Morgan fingerprint density at radius 3 is 2.40 bits per heavy atom. The molecule has 0 aliphatic carbocycles. The van der Waals surface area contributed by atoms with Gasteiger partial charge in [0.25, 0.3) is 5.91 Å². The summed E-state index contributed by atoms with van der Waals surface area (Å²) in [5.41, 5.74) is 1.80. The predicted octanol–water partition coefficient (Wildman–Crippen LogP) is 1.70. The van der Waals surface area contributed by atoms with Crippen molar-refractivity contribution < 1.29 is 28.6 Å². The molecule has 0 radical (unpaired) electrons. The van der Waals surface area contributed by atoms with Crippen molar-refractivity contribution in [2.75, 3.05) is 27.3 Å². The molecule has 0 N–H and O–H groups in total. The van der Waals surface area contributed by atoms with Crippen LogP contribution in [0.25, 0.3) is 5.65 Å². The standard InChI is InChI=1S/C21H21N3O6/c1-28-19(25)12-24(13-20(26)29-2)21(27)15-6-5-7-17(10-15)30-14-16-11-23-9-4-3-8-18(23)22-16/h3-11H,12-14H2,1-2H3. The number of aromatic nitrogens is 2. The van der Waals surface area contributed by atoms with Gasteiger partial charge >= 0.3 is 11.9 Å². The van der Waals surface area contributed by atoms with Gasteiger partial charge in [0.05, 0.1) is 19.9 Å². The van der Waals surface area contributed by atoms with E-state index < -0.39 is 17.8 Å². The monoisotopic (exact) mass is 411 g/mol. The number of hydrogen-bond acceptors (Lipinski definition) is 7. The Balaban J connectivity index is 1.72. The molecule has 1 amide bonds. The molecule has 0 saturated heterocycles. The number of imidazole rings is 1. The molecule has 0 aliphatic rings. The molecule has 3 aromatic rings. The molecule has 0 fully saturated rings. The van der Waals surface area contributed by atoms with Crippen molar-refractivity contribution in [3.8, 4) is 5.75 Å². The first kappa shape index (κ1) is 20.8. The van der Waals surface area contributed by atoms with E-state index in [9.17, 15) is 14.4 Å². The van der Waals surface area contributed by atoms with E-state index in [0.29, 0.717) is 5.75 Å². The van der Waals surface area contributed by atoms with Gasteiger partial charge in [0.2, 0.25) is 0 Å². The highest BCUT2D eigenvalue weighted by atomic mass is 16.5. The second-order valence-corrected chi connectivity index (χ2v) is 6.33. The van der Waals surface area contributed by atoms with Crippen molar-refractivity contribution in [2.24, 2.45) is 0 Å². The zero-order valence-electron chi connectivity index (χ0n) is 16.6. The molecule has 0 spiro atoms. The first-order valence-corrected chi connectivity index (χ1v) is 9.08. The molecule has 156 valence electrons. The highest BCUT2D eigenvalue weighted by Gasteiger charge is 2.22. The smallest absolute Gasteiger partial charge is 0.325 e. The minimum Gasteiger partial charge on any atom is -0.487 e. The second-order valence-electron chi connectivity index (χ2n) is 6.33. The number of rotatable bonds is 8. The lowest BCUT2D eigenvalue weighted by Gasteiger charge is -2.20. The van der Waals surface area contributed by atoms with E-state index in [0.717, 1.165) is 16.2 Å². The Morgan fingerprint density at radius 2 is 1.73 bits per heavy atom. The van der Waals surface area contributed by atoms with Crippen molar-refractivity contribution in [3.63, 3.8) is 0 Å². The summed E-state index contributed by atoms with van der Waals surface area (Å²) in [4.78, 5) is 41.6. The number of nitrogens with zero attached hydrogens (tertiary/aromatic N) is 3. The Morgan fingerprint density at radius 1 is 1.00 bits per heavy atom. The van der Waals surface area contributed by atoms with E-state index in [2.05, 4.69) is 14.5 Å². The van der Waals surface area contributed by atoms with Crippen molar-refractivity contribution in [3.05, 3.63) is 66.1 Å². The van der Waals surface area contributed by atoms with Crippen LogP contribution in [0.1, 0.15) is 16.1 Å². The van der Waals surface area contributed by atoms with E-state index in [4.69, 9.17) is 4.74 Å². The fraction of sp³-hybridized carbons (Fsp3) is 0.238. The summed E-state index contributed by atoms with van der Waals surface area (Å²) in [7, 11) is 2.41. The largest absolute Gasteiger partial charge is 0.487 e. The molecule has 9 heteroatoms. The number of pyridine rings is 1. The maximum atomic E-state index is 12.8. The average Bonchev–Trinajstić information content (AvgIpc) is 3.19. The van der Waals surface area contributed by atoms with Crippen molar-refractivity contribution in [1.82, 2.24) is 14.3 Å². The maximum absolute atomic E-state index is 12.8. The Bertz CT molecular complexity index is 1010. The van der Waals surface area contributed by atoms with Crippen LogP contribution in [0.15, 0.2) is 54.9 Å². The lowest BCUT2D eigenvalue weighted by molar-refractivity contribution is -0.144. The van der Waals surface area contributed by atoms with Crippen LogP contribution in [0, 0.1) is 0 Å². The minimum absolute atomic E-state index is 0.216. The topological polar surface area (TPSA) is 99.4 Å². The number of fused-ring (bicyclic) bond motifs is 1. The van der Waals surface area contributed by atoms with Gasteiger partial charge in [-0.3, -0.25) is 14.4 Å². The third-order valence-electron chi connectivity index (χ3n) is 4.26. The molecule has 0 unspecified atom stereocenters. The highest BCUT2D eigenvalue weighted by Crippen LogP contribution is 2.17. The van der Waals surface area contributed by atoms with E-state index >= 15 is 0 Å². The fourth-order valence-corrected chi connectivity index (χ4v) is 2.76. The summed E-state index contributed by atoms with van der Waals surface area (Å²) >= 11 is 0. The van der Waals surface area contributed by atoms with Gasteiger partial charge in [-0.1, -0.05) is 12.1 Å². The van der Waals surface area contributed by atoms with Gasteiger partial charge in [-0.2, -0.15) is 0 Å². The molecule has 0 atom stereocenters. The van der Waals surface area contributed by atoms with Crippen LogP contribution >= 0.6 is 0 Å². The Hall–Kier alpha value is -3.88. The number of amides is 1. The van der Waals surface area contributed by atoms with Crippen molar-refractivity contribution >= 4 is 23.5 Å². The Kier molecular flexibility index (Phi) is 6.63. The van der Waals surface area contributed by atoms with Gasteiger partial charge in [-0.25, -0.2) is 4.98 Å². The van der Waals surface area contributed by atoms with Crippen LogP contribution in [0.2, 0.25) is 0 Å². The van der Waals surface area contributed by atoms with Crippen LogP contribution in [0.3, 0.4) is 0 Å². The summed E-state index contributed by atoms with van der Waals surface area (Å²) in [6.07, 6.45) is 3.75. The first-order chi connectivity index (χ1) is 14.5. The average molecular weight is 411 g/mol. The number of benzene rings is 1. The zero-order valence-corrected chi connectivity index (χ0v) is 16.6. The molecule has 0 bridgehead atoms. The van der Waals surface area contributed by atoms with Crippen molar-refractivity contribution in [2.45, 2.75) is 6.61 Å². The summed E-state index contributed by atoms with van der Waals surface area (Å²) < 4.78 is 16.9. The number of methoxy groups -OCH3 is 2. The molecule has 9 nitrogen and oxygen atoms in total.